The van der Waals surface area contributed by atoms with Gasteiger partial charge in [0, 0.05) is 22.3 Å². The van der Waals surface area contributed by atoms with Crippen LogP contribution in [0, 0.1) is 0 Å². The highest BCUT2D eigenvalue weighted by molar-refractivity contribution is 9.10. The Bertz CT molecular complexity index is 812. The van der Waals surface area contributed by atoms with Gasteiger partial charge in [0.25, 0.3) is 5.91 Å². The number of carbonyl (C=O) groups excluding carboxylic acids is 1. The normalized spacial score (nSPS) is 10.8. The molecule has 0 saturated heterocycles. The van der Waals surface area contributed by atoms with E-state index < -0.39 is 0 Å². The quantitative estimate of drug-likeness (QED) is 0.791. The van der Waals surface area contributed by atoms with Crippen molar-refractivity contribution in [2.75, 3.05) is 5.32 Å². The van der Waals surface area contributed by atoms with Gasteiger partial charge in [-0.2, -0.15) is 0 Å². The fourth-order valence-electron chi connectivity index (χ4n) is 2.12. The first-order valence-corrected chi connectivity index (χ1v) is 7.37. The Morgan fingerprint density at radius 2 is 2.14 bits per heavy atom. The zero-order valence-corrected chi connectivity index (χ0v) is 13.0. The molecule has 3 rings (SSSR count). The second kappa shape index (κ2) is 5.65. The van der Waals surface area contributed by atoms with Crippen LogP contribution in [-0.4, -0.2) is 20.9 Å². The third kappa shape index (κ3) is 2.80. The van der Waals surface area contributed by atoms with Gasteiger partial charge in [-0.3, -0.25) is 4.79 Å². The van der Waals surface area contributed by atoms with Crippen molar-refractivity contribution < 1.29 is 4.79 Å². The Labute approximate surface area is 130 Å². The van der Waals surface area contributed by atoms with Gasteiger partial charge in [-0.1, -0.05) is 27.2 Å². The molecular formula is C15H13BrN4O. The number of benzene rings is 2. The van der Waals surface area contributed by atoms with Crippen molar-refractivity contribution in [2.24, 2.45) is 0 Å². The van der Waals surface area contributed by atoms with E-state index in [0.29, 0.717) is 5.56 Å². The number of nitrogens with one attached hydrogen (secondary N) is 1. The van der Waals surface area contributed by atoms with Crippen LogP contribution in [-0.2, 0) is 6.54 Å². The van der Waals surface area contributed by atoms with Crippen molar-refractivity contribution >= 4 is 38.6 Å². The van der Waals surface area contributed by atoms with Crippen molar-refractivity contribution in [3.05, 3.63) is 52.5 Å². The summed E-state index contributed by atoms with van der Waals surface area (Å²) in [6.07, 6.45) is 0. The number of rotatable bonds is 3. The summed E-state index contributed by atoms with van der Waals surface area (Å²) in [5.41, 5.74) is 2.95. The van der Waals surface area contributed by atoms with Crippen molar-refractivity contribution in [1.29, 1.82) is 0 Å². The molecule has 2 aromatic carbocycles. The fraction of sp³-hybridized carbons (Fsp3) is 0.133. The predicted molar refractivity (Wildman–Crippen MR) is 85.3 cm³/mol. The van der Waals surface area contributed by atoms with Gasteiger partial charge >= 0.3 is 0 Å². The van der Waals surface area contributed by atoms with E-state index >= 15 is 0 Å². The van der Waals surface area contributed by atoms with Gasteiger partial charge in [-0.05, 0) is 43.3 Å². The Morgan fingerprint density at radius 3 is 2.90 bits per heavy atom. The first-order valence-electron chi connectivity index (χ1n) is 6.57. The molecule has 1 heterocycles. The van der Waals surface area contributed by atoms with Gasteiger partial charge in [-0.15, -0.1) is 5.10 Å². The molecule has 0 saturated carbocycles. The van der Waals surface area contributed by atoms with E-state index in [9.17, 15) is 4.79 Å². The van der Waals surface area contributed by atoms with Crippen LogP contribution in [0.5, 0.6) is 0 Å². The predicted octanol–water partition coefficient (Wildman–Crippen LogP) is 3.47. The largest absolute Gasteiger partial charge is 0.322 e. The summed E-state index contributed by atoms with van der Waals surface area (Å²) < 4.78 is 2.72. The number of amides is 1. The van der Waals surface area contributed by atoms with E-state index in [2.05, 4.69) is 31.6 Å². The van der Waals surface area contributed by atoms with Gasteiger partial charge in [-0.25, -0.2) is 4.68 Å². The number of hydrogen-bond acceptors (Lipinski definition) is 3. The second-order valence-electron chi connectivity index (χ2n) is 4.57. The van der Waals surface area contributed by atoms with Crippen molar-refractivity contribution in [1.82, 2.24) is 15.0 Å². The van der Waals surface area contributed by atoms with Crippen LogP contribution in [0.3, 0.4) is 0 Å². The molecule has 0 unspecified atom stereocenters. The van der Waals surface area contributed by atoms with Gasteiger partial charge < -0.3 is 5.32 Å². The lowest BCUT2D eigenvalue weighted by atomic mass is 10.2. The highest BCUT2D eigenvalue weighted by Crippen LogP contribution is 2.18. The molecule has 21 heavy (non-hydrogen) atoms. The molecule has 1 aromatic heterocycles. The van der Waals surface area contributed by atoms with Crippen LogP contribution >= 0.6 is 15.9 Å². The molecule has 106 valence electrons. The molecule has 0 spiro atoms. The first kappa shape index (κ1) is 13.8. The summed E-state index contributed by atoms with van der Waals surface area (Å²) in [6.45, 7) is 2.75. The Kier molecular flexibility index (Phi) is 3.70. The summed E-state index contributed by atoms with van der Waals surface area (Å²) in [4.78, 5) is 12.3. The summed E-state index contributed by atoms with van der Waals surface area (Å²) in [5, 5.41) is 11.0. The number of aryl methyl sites for hydroxylation is 1. The Hall–Kier alpha value is -2.21. The molecule has 0 aliphatic rings. The van der Waals surface area contributed by atoms with Crippen LogP contribution < -0.4 is 5.32 Å². The minimum Gasteiger partial charge on any atom is -0.322 e. The smallest absolute Gasteiger partial charge is 0.255 e. The van der Waals surface area contributed by atoms with Crippen LogP contribution in [0.2, 0.25) is 0 Å². The molecule has 1 amide bonds. The highest BCUT2D eigenvalue weighted by atomic mass is 79.9. The molecule has 0 fully saturated rings. The van der Waals surface area contributed by atoms with Crippen molar-refractivity contribution in [3.8, 4) is 0 Å². The van der Waals surface area contributed by atoms with Crippen molar-refractivity contribution in [2.45, 2.75) is 13.5 Å². The maximum absolute atomic E-state index is 12.3. The molecule has 6 heteroatoms. The standard InChI is InChI=1S/C15H13BrN4O/c1-2-20-14-7-6-10(8-13(14)18-19-20)15(21)17-12-5-3-4-11(16)9-12/h3-9H,2H2,1H3,(H,17,21). The second-order valence-corrected chi connectivity index (χ2v) is 5.49. The third-order valence-electron chi connectivity index (χ3n) is 3.16. The molecule has 5 nitrogen and oxygen atoms in total. The number of nitrogens with zero attached hydrogens (tertiary/aromatic N) is 3. The number of halogens is 1. The minimum atomic E-state index is -0.166. The number of anilines is 1. The van der Waals surface area contributed by atoms with Gasteiger partial charge in [0.2, 0.25) is 0 Å². The van der Waals surface area contributed by atoms with Gasteiger partial charge in [0.1, 0.15) is 5.52 Å². The summed E-state index contributed by atoms with van der Waals surface area (Å²) in [6, 6.07) is 12.9. The van der Waals surface area contributed by atoms with E-state index in [1.807, 2.05) is 37.3 Å². The average Bonchev–Trinajstić information content (AvgIpc) is 2.89. The molecule has 0 atom stereocenters. The lowest BCUT2D eigenvalue weighted by Crippen LogP contribution is -2.11. The summed E-state index contributed by atoms with van der Waals surface area (Å²) in [5.74, 6) is -0.166. The zero-order valence-electron chi connectivity index (χ0n) is 11.4. The number of hydrogen-bond donors (Lipinski definition) is 1. The van der Waals surface area contributed by atoms with Crippen LogP contribution in [0.1, 0.15) is 17.3 Å². The molecular weight excluding hydrogens is 332 g/mol. The highest BCUT2D eigenvalue weighted by Gasteiger charge is 2.10. The minimum absolute atomic E-state index is 0.166. The molecule has 1 N–H and O–H groups in total. The SMILES string of the molecule is CCn1nnc2cc(C(=O)Nc3cccc(Br)c3)ccc21. The number of carbonyl (C=O) groups is 1. The van der Waals surface area contributed by atoms with E-state index in [1.54, 1.807) is 16.8 Å². The molecule has 0 aliphatic carbocycles. The molecule has 0 radical (unpaired) electrons. The van der Waals surface area contributed by atoms with E-state index in [1.165, 1.54) is 0 Å². The van der Waals surface area contributed by atoms with E-state index in [4.69, 9.17) is 0 Å². The molecule has 0 bridgehead atoms. The Balaban J connectivity index is 1.87. The zero-order chi connectivity index (χ0) is 14.8. The molecule has 0 aliphatic heterocycles. The first-order chi connectivity index (χ1) is 10.2. The van der Waals surface area contributed by atoms with Crippen molar-refractivity contribution in [3.63, 3.8) is 0 Å². The van der Waals surface area contributed by atoms with Gasteiger partial charge in [0.05, 0.1) is 5.52 Å². The maximum Gasteiger partial charge on any atom is 0.255 e. The van der Waals surface area contributed by atoms with Gasteiger partial charge in [0.15, 0.2) is 0 Å². The number of fused-ring (bicyclic) bond motifs is 1. The fourth-order valence-corrected chi connectivity index (χ4v) is 2.52. The average molecular weight is 345 g/mol. The number of aromatic nitrogens is 3. The lowest BCUT2D eigenvalue weighted by Gasteiger charge is -2.05. The maximum atomic E-state index is 12.3. The monoisotopic (exact) mass is 344 g/mol. The summed E-state index contributed by atoms with van der Waals surface area (Å²) in [7, 11) is 0. The van der Waals surface area contributed by atoms with Crippen LogP contribution in [0.4, 0.5) is 5.69 Å². The Morgan fingerprint density at radius 1 is 1.29 bits per heavy atom. The van der Waals surface area contributed by atoms with E-state index in [-0.39, 0.29) is 5.91 Å². The topological polar surface area (TPSA) is 59.8 Å². The van der Waals surface area contributed by atoms with Crippen LogP contribution in [0.15, 0.2) is 46.9 Å². The third-order valence-corrected chi connectivity index (χ3v) is 3.65. The van der Waals surface area contributed by atoms with Crippen LogP contribution in [0.25, 0.3) is 11.0 Å². The summed E-state index contributed by atoms with van der Waals surface area (Å²) >= 11 is 3.38. The van der Waals surface area contributed by atoms with E-state index in [0.717, 1.165) is 27.7 Å². The lowest BCUT2D eigenvalue weighted by molar-refractivity contribution is 0.102. The molecule has 3 aromatic rings.